The van der Waals surface area contributed by atoms with Gasteiger partial charge in [-0.3, -0.25) is 9.36 Å². The molecule has 0 aliphatic rings. The molecule has 8 heteroatoms. The maximum absolute atomic E-state index is 12.8. The van der Waals surface area contributed by atoms with Crippen LogP contribution < -0.4 is 15.0 Å². The van der Waals surface area contributed by atoms with Gasteiger partial charge in [0.1, 0.15) is 41.1 Å². The van der Waals surface area contributed by atoms with Gasteiger partial charge in [0.25, 0.3) is 5.56 Å². The molecular formula is C19H20N2O6. The van der Waals surface area contributed by atoms with E-state index in [-0.39, 0.29) is 42.0 Å². The first-order chi connectivity index (χ1) is 13.0. The molecule has 27 heavy (non-hydrogen) atoms. The smallest absolute Gasteiger partial charge is 0.342 e. The fourth-order valence-electron chi connectivity index (χ4n) is 2.68. The molecule has 142 valence electrons. The zero-order chi connectivity index (χ0) is 19.4. The Bertz CT molecular complexity index is 1000. The summed E-state index contributed by atoms with van der Waals surface area (Å²) in [5.74, 6) is 1.10. The lowest BCUT2D eigenvalue weighted by molar-refractivity contribution is 0.0526. The topological polar surface area (TPSA) is 92.8 Å². The molecule has 0 aliphatic heterocycles. The largest absolute Gasteiger partial charge is 0.497 e. The lowest BCUT2D eigenvalue weighted by Crippen LogP contribution is -2.24. The van der Waals surface area contributed by atoms with Crippen molar-refractivity contribution in [3.63, 3.8) is 0 Å². The van der Waals surface area contributed by atoms with Crippen LogP contribution in [0, 0.1) is 6.92 Å². The van der Waals surface area contributed by atoms with Crippen LogP contribution in [0.15, 0.2) is 39.8 Å². The quantitative estimate of drug-likeness (QED) is 0.589. The summed E-state index contributed by atoms with van der Waals surface area (Å²) in [6.07, 6.45) is 1.37. The summed E-state index contributed by atoms with van der Waals surface area (Å²) in [6.45, 7) is 4.02. The summed E-state index contributed by atoms with van der Waals surface area (Å²) in [5, 5.41) is 0.123. The van der Waals surface area contributed by atoms with Gasteiger partial charge in [0.15, 0.2) is 0 Å². The Balaban J connectivity index is 1.80. The van der Waals surface area contributed by atoms with Crippen molar-refractivity contribution in [1.82, 2.24) is 9.55 Å². The molecule has 1 aromatic carbocycles. The predicted octanol–water partition coefficient (Wildman–Crippen LogP) is 2.56. The van der Waals surface area contributed by atoms with E-state index in [1.165, 1.54) is 10.9 Å². The lowest BCUT2D eigenvalue weighted by atomic mass is 10.2. The third kappa shape index (κ3) is 3.79. The molecule has 3 rings (SSSR count). The summed E-state index contributed by atoms with van der Waals surface area (Å²) in [5.41, 5.74) is -0.138. The number of esters is 1. The van der Waals surface area contributed by atoms with E-state index < -0.39 is 5.97 Å². The average molecular weight is 372 g/mol. The van der Waals surface area contributed by atoms with Gasteiger partial charge in [-0.15, -0.1) is 0 Å². The van der Waals surface area contributed by atoms with Crippen LogP contribution in [0.2, 0.25) is 0 Å². The molecular weight excluding hydrogens is 352 g/mol. The minimum Gasteiger partial charge on any atom is -0.497 e. The van der Waals surface area contributed by atoms with E-state index in [0.717, 1.165) is 5.75 Å². The number of ether oxygens (including phenoxy) is 3. The highest BCUT2D eigenvalue weighted by molar-refractivity contribution is 6.03. The molecule has 0 atom stereocenters. The van der Waals surface area contributed by atoms with Crippen LogP contribution >= 0.6 is 0 Å². The molecule has 0 saturated carbocycles. The van der Waals surface area contributed by atoms with E-state index in [1.54, 1.807) is 45.2 Å². The number of carbonyl (C=O) groups excluding carboxylic acids is 1. The van der Waals surface area contributed by atoms with E-state index in [0.29, 0.717) is 11.5 Å². The Labute approximate surface area is 155 Å². The molecule has 0 saturated heterocycles. The summed E-state index contributed by atoms with van der Waals surface area (Å²) in [7, 11) is 1.59. The van der Waals surface area contributed by atoms with Crippen molar-refractivity contribution in [3.8, 4) is 11.5 Å². The average Bonchev–Trinajstić information content (AvgIpc) is 3.01. The van der Waals surface area contributed by atoms with Crippen LogP contribution in [0.1, 0.15) is 23.0 Å². The molecule has 0 bridgehead atoms. The summed E-state index contributed by atoms with van der Waals surface area (Å²) >= 11 is 0. The van der Waals surface area contributed by atoms with Gasteiger partial charge in [0.05, 0.1) is 20.3 Å². The lowest BCUT2D eigenvalue weighted by Gasteiger charge is -2.08. The summed E-state index contributed by atoms with van der Waals surface area (Å²) in [6, 6.07) is 7.13. The fraction of sp³-hybridized carbons (Fsp3) is 0.316. The number of fused-ring (bicyclic) bond motifs is 1. The van der Waals surface area contributed by atoms with Crippen molar-refractivity contribution < 1.29 is 23.4 Å². The number of carbonyl (C=O) groups is 1. The normalized spacial score (nSPS) is 10.8. The third-order valence-electron chi connectivity index (χ3n) is 3.99. The van der Waals surface area contributed by atoms with Crippen LogP contribution in [0.4, 0.5) is 0 Å². The Morgan fingerprint density at radius 1 is 1.22 bits per heavy atom. The van der Waals surface area contributed by atoms with E-state index in [9.17, 15) is 9.59 Å². The Morgan fingerprint density at radius 3 is 2.59 bits per heavy atom. The van der Waals surface area contributed by atoms with Gasteiger partial charge >= 0.3 is 5.97 Å². The highest BCUT2D eigenvalue weighted by Gasteiger charge is 2.23. The molecule has 0 N–H and O–H groups in total. The zero-order valence-electron chi connectivity index (χ0n) is 15.4. The fourth-order valence-corrected chi connectivity index (χ4v) is 2.68. The molecule has 0 radical (unpaired) electrons. The number of methoxy groups -OCH3 is 1. The zero-order valence-corrected chi connectivity index (χ0v) is 15.4. The molecule has 0 unspecified atom stereocenters. The molecule has 0 aliphatic carbocycles. The first kappa shape index (κ1) is 18.5. The Hall–Kier alpha value is -3.29. The van der Waals surface area contributed by atoms with E-state index >= 15 is 0 Å². The summed E-state index contributed by atoms with van der Waals surface area (Å²) in [4.78, 5) is 29.1. The van der Waals surface area contributed by atoms with Crippen LogP contribution in [-0.2, 0) is 11.3 Å². The van der Waals surface area contributed by atoms with Crippen LogP contribution in [0.3, 0.4) is 0 Å². The molecule has 2 aromatic heterocycles. The monoisotopic (exact) mass is 372 g/mol. The first-order valence-electron chi connectivity index (χ1n) is 8.47. The van der Waals surface area contributed by atoms with Gasteiger partial charge in [0, 0.05) is 0 Å². The first-order valence-corrected chi connectivity index (χ1v) is 8.47. The standard InChI is InChI=1S/C19H20N2O6/c1-4-25-19(23)15-12(2)27-17-16(15)18(22)21(11-20-17)9-10-26-14-7-5-13(24-3)6-8-14/h5-8,11H,4,9-10H2,1-3H3. The van der Waals surface area contributed by atoms with Crippen molar-refractivity contribution in [3.05, 3.63) is 52.3 Å². The number of aromatic nitrogens is 2. The van der Waals surface area contributed by atoms with Gasteiger partial charge in [0.2, 0.25) is 5.71 Å². The number of rotatable bonds is 7. The van der Waals surface area contributed by atoms with E-state index in [4.69, 9.17) is 18.6 Å². The molecule has 8 nitrogen and oxygen atoms in total. The number of aryl methyl sites for hydroxylation is 1. The number of benzene rings is 1. The minimum atomic E-state index is -0.597. The van der Waals surface area contributed by atoms with Crippen LogP contribution in [-0.4, -0.2) is 35.8 Å². The predicted molar refractivity (Wildman–Crippen MR) is 97.5 cm³/mol. The van der Waals surface area contributed by atoms with Crippen LogP contribution in [0.25, 0.3) is 11.1 Å². The van der Waals surface area contributed by atoms with Gasteiger partial charge in [-0.25, -0.2) is 9.78 Å². The molecule has 0 spiro atoms. The molecule has 0 fully saturated rings. The van der Waals surface area contributed by atoms with Crippen molar-refractivity contribution >= 4 is 17.1 Å². The van der Waals surface area contributed by atoms with Crippen LogP contribution in [0.5, 0.6) is 11.5 Å². The van der Waals surface area contributed by atoms with Crippen molar-refractivity contribution in [1.29, 1.82) is 0 Å². The van der Waals surface area contributed by atoms with E-state index in [2.05, 4.69) is 4.98 Å². The van der Waals surface area contributed by atoms with Gasteiger partial charge in [-0.05, 0) is 38.1 Å². The summed E-state index contributed by atoms with van der Waals surface area (Å²) < 4.78 is 22.6. The Morgan fingerprint density at radius 2 is 1.93 bits per heavy atom. The van der Waals surface area contributed by atoms with Gasteiger partial charge < -0.3 is 18.6 Å². The number of furan rings is 1. The maximum Gasteiger partial charge on any atom is 0.342 e. The van der Waals surface area contributed by atoms with Gasteiger partial charge in [-0.1, -0.05) is 0 Å². The molecule has 2 heterocycles. The SMILES string of the molecule is CCOC(=O)c1c(C)oc2ncn(CCOc3ccc(OC)cc3)c(=O)c12. The maximum atomic E-state index is 12.8. The minimum absolute atomic E-state index is 0.118. The van der Waals surface area contributed by atoms with Gasteiger partial charge in [-0.2, -0.15) is 0 Å². The second kappa shape index (κ2) is 7.94. The molecule has 3 aromatic rings. The number of nitrogens with zero attached hydrogens (tertiary/aromatic N) is 2. The Kier molecular flexibility index (Phi) is 5.44. The third-order valence-corrected chi connectivity index (χ3v) is 3.99. The van der Waals surface area contributed by atoms with Crippen molar-refractivity contribution in [2.24, 2.45) is 0 Å². The van der Waals surface area contributed by atoms with Crippen molar-refractivity contribution in [2.45, 2.75) is 20.4 Å². The highest BCUT2D eigenvalue weighted by atomic mass is 16.5. The second-order valence-electron chi connectivity index (χ2n) is 5.70. The second-order valence-corrected chi connectivity index (χ2v) is 5.70. The number of hydrogen-bond donors (Lipinski definition) is 0. The highest BCUT2D eigenvalue weighted by Crippen LogP contribution is 2.22. The van der Waals surface area contributed by atoms with Crippen molar-refractivity contribution in [2.75, 3.05) is 20.3 Å². The van der Waals surface area contributed by atoms with E-state index in [1.807, 2.05) is 0 Å². The molecule has 0 amide bonds. The number of hydrogen-bond acceptors (Lipinski definition) is 7.